The highest BCUT2D eigenvalue weighted by molar-refractivity contribution is 5.58. The lowest BCUT2D eigenvalue weighted by molar-refractivity contribution is 0.169. The normalized spacial score (nSPS) is 22.8. The molecule has 2 heterocycles. The van der Waals surface area contributed by atoms with E-state index in [1.807, 2.05) is 6.07 Å². The summed E-state index contributed by atoms with van der Waals surface area (Å²) in [4.78, 5) is 2.59. The molecule has 0 amide bonds. The summed E-state index contributed by atoms with van der Waals surface area (Å²) in [6.45, 7) is 5.61. The van der Waals surface area contributed by atoms with E-state index in [2.05, 4.69) is 17.9 Å². The predicted molar refractivity (Wildman–Crippen MR) is 84.8 cm³/mol. The van der Waals surface area contributed by atoms with Crippen LogP contribution in [0.1, 0.15) is 44.6 Å². The first-order chi connectivity index (χ1) is 10.3. The second kappa shape index (κ2) is 6.56. The van der Waals surface area contributed by atoms with Crippen LogP contribution in [-0.2, 0) is 6.54 Å². The van der Waals surface area contributed by atoms with Gasteiger partial charge in [0.2, 0.25) is 0 Å². The van der Waals surface area contributed by atoms with Crippen LogP contribution in [0, 0.1) is 0 Å². The van der Waals surface area contributed by atoms with Crippen LogP contribution in [0.2, 0.25) is 0 Å². The molecule has 4 nitrogen and oxygen atoms in total. The van der Waals surface area contributed by atoms with Gasteiger partial charge in [-0.25, -0.2) is 0 Å². The van der Waals surface area contributed by atoms with Crippen LogP contribution < -0.4 is 15.2 Å². The van der Waals surface area contributed by atoms with Crippen LogP contribution in [-0.4, -0.2) is 30.7 Å². The van der Waals surface area contributed by atoms with E-state index in [9.17, 15) is 0 Å². The summed E-state index contributed by atoms with van der Waals surface area (Å²) in [6, 6.07) is 4.67. The van der Waals surface area contributed by atoms with Crippen LogP contribution >= 0.6 is 0 Å². The lowest BCUT2D eigenvalue weighted by Crippen LogP contribution is -2.34. The van der Waals surface area contributed by atoms with Crippen molar-refractivity contribution in [2.75, 3.05) is 25.5 Å². The highest BCUT2D eigenvalue weighted by atomic mass is 16.6. The third-order valence-electron chi connectivity index (χ3n) is 4.65. The molecule has 0 spiro atoms. The van der Waals surface area contributed by atoms with Crippen LogP contribution in [0.15, 0.2) is 12.1 Å². The van der Waals surface area contributed by atoms with Gasteiger partial charge in [0.05, 0.1) is 0 Å². The minimum atomic E-state index is 0.607. The van der Waals surface area contributed by atoms with Gasteiger partial charge in [-0.05, 0) is 37.4 Å². The van der Waals surface area contributed by atoms with Gasteiger partial charge in [0.25, 0.3) is 0 Å². The number of anilines is 1. The minimum absolute atomic E-state index is 0.607. The highest BCUT2D eigenvalue weighted by Gasteiger charge is 2.22. The summed E-state index contributed by atoms with van der Waals surface area (Å²) in [5.41, 5.74) is 8.21. The molecule has 3 rings (SSSR count). The van der Waals surface area contributed by atoms with E-state index in [-0.39, 0.29) is 0 Å². The number of rotatable bonds is 3. The minimum Gasteiger partial charge on any atom is -0.486 e. The van der Waals surface area contributed by atoms with E-state index in [1.54, 1.807) is 0 Å². The van der Waals surface area contributed by atoms with Gasteiger partial charge < -0.3 is 15.2 Å². The Kier molecular flexibility index (Phi) is 4.54. The van der Waals surface area contributed by atoms with Gasteiger partial charge >= 0.3 is 0 Å². The smallest absolute Gasteiger partial charge is 0.163 e. The summed E-state index contributed by atoms with van der Waals surface area (Å²) in [6.07, 6.45) is 6.52. The van der Waals surface area contributed by atoms with Crippen LogP contribution in [0.3, 0.4) is 0 Å². The molecule has 1 saturated heterocycles. The van der Waals surface area contributed by atoms with E-state index in [0.717, 1.165) is 23.7 Å². The van der Waals surface area contributed by atoms with Crippen LogP contribution in [0.5, 0.6) is 11.5 Å². The SMILES string of the molecule is CCC1CCCCCN1Cc1cc2c(cc1N)OCCO2. The zero-order chi connectivity index (χ0) is 14.7. The van der Waals surface area contributed by atoms with Crippen molar-refractivity contribution in [3.8, 4) is 11.5 Å². The fraction of sp³-hybridized carbons (Fsp3) is 0.647. The standard InChI is InChI=1S/C17H26N2O2/c1-2-14-6-4-3-5-7-19(14)12-13-10-16-17(11-15(13)18)21-9-8-20-16/h10-11,14H,2-9,12,18H2,1H3. The average Bonchev–Trinajstić information content (AvgIpc) is 2.73. The lowest BCUT2D eigenvalue weighted by atomic mass is 10.1. The van der Waals surface area contributed by atoms with Crippen molar-refractivity contribution in [1.29, 1.82) is 0 Å². The van der Waals surface area contributed by atoms with Crippen LogP contribution in [0.25, 0.3) is 0 Å². The number of likely N-dealkylation sites (tertiary alicyclic amines) is 1. The van der Waals surface area contributed by atoms with Gasteiger partial charge in [-0.2, -0.15) is 0 Å². The summed E-state index contributed by atoms with van der Waals surface area (Å²) in [7, 11) is 0. The maximum Gasteiger partial charge on any atom is 0.163 e. The fourth-order valence-electron chi connectivity index (χ4n) is 3.41. The molecule has 0 aromatic heterocycles. The van der Waals surface area contributed by atoms with Gasteiger partial charge in [0, 0.05) is 24.3 Å². The van der Waals surface area contributed by atoms with E-state index in [1.165, 1.54) is 44.2 Å². The first-order valence-electron chi connectivity index (χ1n) is 8.20. The highest BCUT2D eigenvalue weighted by Crippen LogP contribution is 2.35. The molecule has 2 aliphatic rings. The number of nitrogens with zero attached hydrogens (tertiary/aromatic N) is 1. The quantitative estimate of drug-likeness (QED) is 0.869. The molecule has 2 aliphatic heterocycles. The van der Waals surface area contributed by atoms with Gasteiger partial charge in [-0.3, -0.25) is 4.90 Å². The molecule has 4 heteroatoms. The molecule has 21 heavy (non-hydrogen) atoms. The molecule has 0 radical (unpaired) electrons. The zero-order valence-corrected chi connectivity index (χ0v) is 12.9. The Morgan fingerprint density at radius 3 is 2.67 bits per heavy atom. The van der Waals surface area contributed by atoms with Crippen molar-refractivity contribution in [3.63, 3.8) is 0 Å². The van der Waals surface area contributed by atoms with E-state index in [0.29, 0.717) is 19.3 Å². The Hall–Kier alpha value is -1.42. The number of hydrogen-bond acceptors (Lipinski definition) is 4. The Balaban J connectivity index is 1.79. The number of ether oxygens (including phenoxy) is 2. The van der Waals surface area contributed by atoms with Crippen molar-refractivity contribution >= 4 is 5.69 Å². The van der Waals surface area contributed by atoms with E-state index in [4.69, 9.17) is 15.2 Å². The van der Waals surface area contributed by atoms with Gasteiger partial charge in [-0.1, -0.05) is 19.8 Å². The Morgan fingerprint density at radius 1 is 1.14 bits per heavy atom. The molecular formula is C17H26N2O2. The average molecular weight is 290 g/mol. The van der Waals surface area contributed by atoms with Crippen molar-refractivity contribution < 1.29 is 9.47 Å². The second-order valence-electron chi connectivity index (χ2n) is 6.08. The topological polar surface area (TPSA) is 47.7 Å². The number of nitrogens with two attached hydrogens (primary N) is 1. The molecule has 0 aliphatic carbocycles. The molecule has 0 bridgehead atoms. The summed E-state index contributed by atoms with van der Waals surface area (Å²) < 4.78 is 11.3. The Labute approximate surface area is 127 Å². The van der Waals surface area contributed by atoms with Gasteiger partial charge in [0.15, 0.2) is 11.5 Å². The predicted octanol–water partition coefficient (Wildman–Crippen LogP) is 3.19. The zero-order valence-electron chi connectivity index (χ0n) is 12.9. The fourth-order valence-corrected chi connectivity index (χ4v) is 3.41. The first kappa shape index (κ1) is 14.5. The first-order valence-corrected chi connectivity index (χ1v) is 8.20. The molecule has 1 atom stereocenters. The lowest BCUT2D eigenvalue weighted by Gasteiger charge is -2.30. The Morgan fingerprint density at radius 2 is 1.90 bits per heavy atom. The van der Waals surface area contributed by atoms with Crippen LogP contribution in [0.4, 0.5) is 5.69 Å². The van der Waals surface area contributed by atoms with Gasteiger partial charge in [0.1, 0.15) is 13.2 Å². The molecule has 1 fully saturated rings. The molecule has 1 aromatic carbocycles. The molecular weight excluding hydrogens is 264 g/mol. The van der Waals surface area contributed by atoms with Crippen molar-refractivity contribution in [2.45, 2.75) is 51.6 Å². The summed E-state index contributed by atoms with van der Waals surface area (Å²) >= 11 is 0. The summed E-state index contributed by atoms with van der Waals surface area (Å²) in [5.74, 6) is 1.62. The monoisotopic (exact) mass is 290 g/mol. The largest absolute Gasteiger partial charge is 0.486 e. The van der Waals surface area contributed by atoms with Gasteiger partial charge in [-0.15, -0.1) is 0 Å². The van der Waals surface area contributed by atoms with E-state index < -0.39 is 0 Å². The van der Waals surface area contributed by atoms with E-state index >= 15 is 0 Å². The van der Waals surface area contributed by atoms with Crippen molar-refractivity contribution in [3.05, 3.63) is 17.7 Å². The molecule has 1 unspecified atom stereocenters. The molecule has 0 saturated carbocycles. The maximum absolute atomic E-state index is 6.23. The number of benzene rings is 1. The van der Waals surface area contributed by atoms with Crippen molar-refractivity contribution in [1.82, 2.24) is 4.90 Å². The molecule has 116 valence electrons. The third kappa shape index (κ3) is 3.26. The third-order valence-corrected chi connectivity index (χ3v) is 4.65. The number of fused-ring (bicyclic) bond motifs is 1. The molecule has 2 N–H and O–H groups in total. The van der Waals surface area contributed by atoms with Crippen molar-refractivity contribution in [2.24, 2.45) is 0 Å². The second-order valence-corrected chi connectivity index (χ2v) is 6.08. The Bertz CT molecular complexity index is 490. The number of nitrogen functional groups attached to an aromatic ring is 1. The number of hydrogen-bond donors (Lipinski definition) is 1. The maximum atomic E-state index is 6.23. The molecule has 1 aromatic rings. The summed E-state index contributed by atoms with van der Waals surface area (Å²) in [5, 5.41) is 0.